The molecule has 2 atom stereocenters. The van der Waals surface area contributed by atoms with Crippen LogP contribution in [-0.4, -0.2) is 23.8 Å². The molecule has 0 aliphatic carbocycles. The minimum absolute atomic E-state index is 0. The number of anilines is 1. The van der Waals surface area contributed by atoms with E-state index in [1.165, 1.54) is 4.90 Å². The van der Waals surface area contributed by atoms with Crippen LogP contribution in [0.4, 0.5) is 5.69 Å². The maximum atomic E-state index is 10.4. The van der Waals surface area contributed by atoms with Gasteiger partial charge in [0.2, 0.25) is 0 Å². The topological polar surface area (TPSA) is 52.2 Å². The van der Waals surface area contributed by atoms with Crippen LogP contribution in [0.25, 0.3) is 0 Å². The van der Waals surface area contributed by atoms with Crippen LogP contribution < -0.4 is 34.9 Å². The predicted molar refractivity (Wildman–Crippen MR) is 86.1 cm³/mol. The van der Waals surface area contributed by atoms with Gasteiger partial charge in [0.05, 0.1) is 5.69 Å². The number of thioether (sulfide) groups is 1. The van der Waals surface area contributed by atoms with Gasteiger partial charge in [-0.2, -0.15) is 0 Å². The maximum Gasteiger partial charge on any atom is 1.00 e. The molecule has 1 aromatic rings. The number of hydrogen-bond acceptors (Lipinski definition) is 7. The minimum Gasteiger partial charge on any atom is -0.772 e. The fourth-order valence-electron chi connectivity index (χ4n) is 1.40. The second-order valence-electron chi connectivity index (χ2n) is 3.57. The Bertz CT molecular complexity index is 423. The molecular weight excluding hydrogens is 349 g/mol. The summed E-state index contributed by atoms with van der Waals surface area (Å²) in [6.45, 7) is 0. The summed E-state index contributed by atoms with van der Waals surface area (Å²) in [6, 6.07) is 8.10. The molecule has 3 nitrogen and oxygen atoms in total. The van der Waals surface area contributed by atoms with Gasteiger partial charge in [-0.25, -0.2) is 0 Å². The first-order chi connectivity index (χ1) is 8.59. The van der Waals surface area contributed by atoms with Gasteiger partial charge in [-0.1, -0.05) is 45.8 Å². The van der Waals surface area contributed by atoms with Crippen LogP contribution in [0.3, 0.4) is 0 Å². The van der Waals surface area contributed by atoms with Crippen LogP contribution in [0.1, 0.15) is 6.42 Å². The fourth-order valence-corrected chi connectivity index (χ4v) is 6.70. The number of para-hydroxylation sites is 1. The third-order valence-electron chi connectivity index (χ3n) is 2.14. The van der Waals surface area contributed by atoms with Gasteiger partial charge in [0, 0.05) is 16.4 Å². The number of nitrogens with one attached hydrogen (secondary N) is 1. The number of benzene rings is 1. The van der Waals surface area contributed by atoms with Gasteiger partial charge in [0.15, 0.2) is 3.54 Å². The van der Waals surface area contributed by atoms with Crippen LogP contribution in [0.2, 0.25) is 0 Å². The predicted octanol–water partition coefficient (Wildman–Crippen LogP) is 0.400. The molecule has 1 aromatic carbocycles. The molecule has 100 valence electrons. The van der Waals surface area contributed by atoms with Crippen molar-refractivity contribution in [2.24, 2.45) is 0 Å². The first kappa shape index (κ1) is 18.6. The number of fused-ring (bicyclic) bond motifs is 1. The number of thiol groups is 1. The molecule has 1 aliphatic rings. The molecule has 2 rings (SSSR count). The fraction of sp³-hybridized carbons (Fsp3) is 0.400. The van der Waals surface area contributed by atoms with Crippen molar-refractivity contribution in [3.8, 4) is 0 Å². The van der Waals surface area contributed by atoms with Gasteiger partial charge < -0.3 is 9.87 Å². The van der Waals surface area contributed by atoms with E-state index in [4.69, 9.17) is 0 Å². The van der Waals surface area contributed by atoms with E-state index in [-0.39, 0.29) is 38.8 Å². The van der Waals surface area contributed by atoms with Crippen LogP contribution in [0, 0.1) is 0 Å². The van der Waals surface area contributed by atoms with Gasteiger partial charge in [0.1, 0.15) is 0 Å². The molecule has 0 fully saturated rings. The summed E-state index contributed by atoms with van der Waals surface area (Å²) in [7, 11) is 3.27. The molecule has 1 aliphatic heterocycles. The molecule has 0 radical (unpaired) electrons. The Labute approximate surface area is 155 Å². The van der Waals surface area contributed by atoms with Crippen LogP contribution >= 0.6 is 46.0 Å². The number of rotatable bonds is 6. The Morgan fingerprint density at radius 1 is 1.47 bits per heavy atom. The van der Waals surface area contributed by atoms with E-state index in [9.17, 15) is 8.76 Å². The first-order valence-electron chi connectivity index (χ1n) is 5.24. The molecule has 0 spiro atoms. The second kappa shape index (κ2) is 8.85. The Balaban J connectivity index is 0.00000180. The zero-order valence-electron chi connectivity index (χ0n) is 10.3. The normalized spacial score (nSPS) is 22.2. The summed E-state index contributed by atoms with van der Waals surface area (Å²) < 4.78 is 20.4. The SMILES string of the molecule is O=S([O-])CCCSSC1(S)Nc2ccccc2S1.[Na+]. The van der Waals surface area contributed by atoms with Gasteiger partial charge in [0.25, 0.3) is 0 Å². The van der Waals surface area contributed by atoms with E-state index in [0.29, 0.717) is 6.42 Å². The molecular formula is C10H12NNaO2S5. The van der Waals surface area contributed by atoms with E-state index in [1.54, 1.807) is 33.3 Å². The zero-order valence-corrected chi connectivity index (χ0v) is 16.5. The molecule has 0 saturated heterocycles. The molecule has 9 heteroatoms. The zero-order chi connectivity index (χ0) is 13.0. The molecule has 1 heterocycles. The van der Waals surface area contributed by atoms with Crippen LogP contribution in [0.5, 0.6) is 0 Å². The average Bonchev–Trinajstić information content (AvgIpc) is 2.64. The summed E-state index contributed by atoms with van der Waals surface area (Å²) in [4.78, 5) is 1.20. The summed E-state index contributed by atoms with van der Waals surface area (Å²) in [5.41, 5.74) is 1.10. The Kier molecular flexibility index (Phi) is 8.65. The summed E-state index contributed by atoms with van der Waals surface area (Å²) in [5.74, 6) is 1.04. The first-order valence-corrected chi connectivity index (χ1v) is 10.1. The molecule has 1 N–H and O–H groups in total. The average molecular weight is 362 g/mol. The van der Waals surface area contributed by atoms with Crippen molar-refractivity contribution in [2.75, 3.05) is 16.8 Å². The van der Waals surface area contributed by atoms with Crippen molar-refractivity contribution in [2.45, 2.75) is 14.9 Å². The van der Waals surface area contributed by atoms with E-state index in [0.717, 1.165) is 11.4 Å². The van der Waals surface area contributed by atoms with E-state index < -0.39 is 11.1 Å². The molecule has 0 aromatic heterocycles. The van der Waals surface area contributed by atoms with Gasteiger partial charge in [-0.3, -0.25) is 4.21 Å². The van der Waals surface area contributed by atoms with Crippen molar-refractivity contribution in [3.05, 3.63) is 24.3 Å². The molecule has 0 bridgehead atoms. The summed E-state index contributed by atoms with van der Waals surface area (Å²) in [5, 5.41) is 3.36. The van der Waals surface area contributed by atoms with Gasteiger partial charge in [-0.05, 0) is 29.3 Å². The number of hydrogen-bond donors (Lipinski definition) is 2. The quantitative estimate of drug-likeness (QED) is 0.191. The minimum atomic E-state index is -1.93. The summed E-state index contributed by atoms with van der Waals surface area (Å²) in [6.07, 6.45) is 0.676. The smallest absolute Gasteiger partial charge is 0.772 e. The van der Waals surface area contributed by atoms with E-state index in [2.05, 4.69) is 24.0 Å². The van der Waals surface area contributed by atoms with Gasteiger partial charge >= 0.3 is 29.6 Å². The van der Waals surface area contributed by atoms with Crippen molar-refractivity contribution in [1.82, 2.24) is 0 Å². The second-order valence-corrected chi connectivity index (χ2v) is 10.0. The maximum absolute atomic E-state index is 10.4. The third-order valence-corrected chi connectivity index (χ3v) is 8.07. The molecule has 19 heavy (non-hydrogen) atoms. The molecule has 2 unspecified atom stereocenters. The monoisotopic (exact) mass is 361 g/mol. The van der Waals surface area contributed by atoms with E-state index >= 15 is 0 Å². The van der Waals surface area contributed by atoms with Crippen LogP contribution in [0.15, 0.2) is 29.2 Å². The Morgan fingerprint density at radius 3 is 2.89 bits per heavy atom. The standard InChI is InChI=1S/C10H13NO2S5.Na/c12-18(13)7-3-6-15-17-10(14)11-8-4-1-2-5-9(8)16-10;/h1-2,4-5,11,14H,3,6-7H2,(H,12,13);/q;+1/p-1. The van der Waals surface area contributed by atoms with E-state index in [1.807, 2.05) is 18.2 Å². The molecule has 0 saturated carbocycles. The van der Waals surface area contributed by atoms with Crippen molar-refractivity contribution in [1.29, 1.82) is 0 Å². The van der Waals surface area contributed by atoms with Crippen molar-refractivity contribution < 1.29 is 38.3 Å². The van der Waals surface area contributed by atoms with Crippen molar-refractivity contribution in [3.63, 3.8) is 0 Å². The molecule has 0 amide bonds. The van der Waals surface area contributed by atoms with Crippen molar-refractivity contribution >= 4 is 62.7 Å². The van der Waals surface area contributed by atoms with Crippen LogP contribution in [-0.2, 0) is 11.1 Å². The Morgan fingerprint density at radius 2 is 2.21 bits per heavy atom. The summed E-state index contributed by atoms with van der Waals surface area (Å²) >= 11 is 4.39. The van der Waals surface area contributed by atoms with Gasteiger partial charge in [-0.15, -0.1) is 12.6 Å². The Hall–Kier alpha value is 1.53. The third kappa shape index (κ3) is 6.04. The largest absolute Gasteiger partial charge is 1.00 e.